The highest BCUT2D eigenvalue weighted by Gasteiger charge is 2.28. The van der Waals surface area contributed by atoms with Crippen molar-refractivity contribution >= 4 is 31.8 Å². The summed E-state index contributed by atoms with van der Waals surface area (Å²) in [6.07, 6.45) is 6.58. The highest BCUT2D eigenvalue weighted by molar-refractivity contribution is 7.89. The molecule has 0 radical (unpaired) electrons. The van der Waals surface area contributed by atoms with E-state index in [9.17, 15) is 8.42 Å². The van der Waals surface area contributed by atoms with Crippen LogP contribution in [-0.2, 0) is 16.6 Å². The first-order valence-electron chi connectivity index (χ1n) is 12.1. The maximum absolute atomic E-state index is 13.3. The molecule has 4 nitrogen and oxygen atoms in total. The minimum absolute atomic E-state index is 0.0727. The van der Waals surface area contributed by atoms with Crippen molar-refractivity contribution in [3.05, 3.63) is 78.4 Å². The van der Waals surface area contributed by atoms with E-state index in [1.807, 2.05) is 19.1 Å². The molecule has 1 aliphatic carbocycles. The summed E-state index contributed by atoms with van der Waals surface area (Å²) in [5, 5.41) is 2.50. The number of hydrogen-bond acceptors (Lipinski definition) is 2. The summed E-state index contributed by atoms with van der Waals surface area (Å²) in [6.45, 7) is 2.76. The van der Waals surface area contributed by atoms with Crippen LogP contribution in [0.5, 0.6) is 0 Å². The predicted molar refractivity (Wildman–Crippen MR) is 136 cm³/mol. The summed E-state index contributed by atoms with van der Waals surface area (Å²) in [5.74, 6) is 0.382. The van der Waals surface area contributed by atoms with E-state index in [0.29, 0.717) is 10.8 Å². The molecule has 4 aromatic rings. The van der Waals surface area contributed by atoms with Crippen LogP contribution in [0.15, 0.2) is 77.7 Å². The third-order valence-corrected chi connectivity index (χ3v) is 8.71. The Labute approximate surface area is 196 Å². The van der Waals surface area contributed by atoms with Crippen molar-refractivity contribution in [3.63, 3.8) is 0 Å². The summed E-state index contributed by atoms with van der Waals surface area (Å²) in [4.78, 5) is 0.353. The average molecular weight is 461 g/mol. The van der Waals surface area contributed by atoms with Gasteiger partial charge in [0.2, 0.25) is 10.0 Å². The first-order valence-corrected chi connectivity index (χ1v) is 13.6. The van der Waals surface area contributed by atoms with E-state index in [1.54, 1.807) is 12.1 Å². The smallest absolute Gasteiger partial charge is 0.240 e. The SMILES string of the molecule is Cc1ccc(S(=O)(=O)NC(CCn2c3ccccc3c3ccccc32)C2CCCCC2)cc1. The highest BCUT2D eigenvalue weighted by atomic mass is 32.2. The van der Waals surface area contributed by atoms with E-state index in [4.69, 9.17) is 0 Å². The van der Waals surface area contributed by atoms with E-state index in [1.165, 1.54) is 41.1 Å². The van der Waals surface area contributed by atoms with Gasteiger partial charge in [-0.25, -0.2) is 13.1 Å². The normalized spacial score (nSPS) is 16.4. The number of para-hydroxylation sites is 2. The molecule has 1 atom stereocenters. The molecule has 5 heteroatoms. The van der Waals surface area contributed by atoms with Crippen LogP contribution in [0.3, 0.4) is 0 Å². The number of nitrogens with zero attached hydrogens (tertiary/aromatic N) is 1. The first-order chi connectivity index (χ1) is 16.0. The molecule has 0 spiro atoms. The van der Waals surface area contributed by atoms with Gasteiger partial charge >= 0.3 is 0 Å². The summed E-state index contributed by atoms with van der Waals surface area (Å²) in [7, 11) is -3.56. The molecule has 1 fully saturated rings. The molecule has 1 N–H and O–H groups in total. The molecular formula is C28H32N2O2S. The van der Waals surface area contributed by atoms with E-state index < -0.39 is 10.0 Å². The Morgan fingerprint density at radius 3 is 2.03 bits per heavy atom. The van der Waals surface area contributed by atoms with Crippen LogP contribution >= 0.6 is 0 Å². The van der Waals surface area contributed by atoms with Crippen molar-refractivity contribution in [1.82, 2.24) is 9.29 Å². The fraction of sp³-hybridized carbons (Fsp3) is 0.357. The number of rotatable bonds is 7. The molecule has 0 aliphatic heterocycles. The Kier molecular flexibility index (Phi) is 6.26. The van der Waals surface area contributed by atoms with Crippen LogP contribution in [0.4, 0.5) is 0 Å². The van der Waals surface area contributed by atoms with Crippen LogP contribution in [0.1, 0.15) is 44.1 Å². The maximum Gasteiger partial charge on any atom is 0.240 e. The largest absolute Gasteiger partial charge is 0.340 e. The van der Waals surface area contributed by atoms with Gasteiger partial charge in [-0.1, -0.05) is 73.4 Å². The van der Waals surface area contributed by atoms with E-state index in [0.717, 1.165) is 31.4 Å². The molecule has 1 aliphatic rings. The van der Waals surface area contributed by atoms with E-state index in [2.05, 4.69) is 57.8 Å². The molecular weight excluding hydrogens is 428 g/mol. The Balaban J connectivity index is 1.45. The van der Waals surface area contributed by atoms with Crippen LogP contribution in [0, 0.1) is 12.8 Å². The number of benzene rings is 3. The van der Waals surface area contributed by atoms with Crippen molar-refractivity contribution < 1.29 is 8.42 Å². The zero-order chi connectivity index (χ0) is 22.8. The number of hydrogen-bond donors (Lipinski definition) is 1. The van der Waals surface area contributed by atoms with Gasteiger partial charge in [0, 0.05) is 34.4 Å². The Hall–Kier alpha value is -2.63. The molecule has 3 aromatic carbocycles. The lowest BCUT2D eigenvalue weighted by molar-refractivity contribution is 0.274. The fourth-order valence-electron chi connectivity index (χ4n) is 5.42. The van der Waals surface area contributed by atoms with Gasteiger partial charge in [0.25, 0.3) is 0 Å². The predicted octanol–water partition coefficient (Wildman–Crippen LogP) is 6.42. The lowest BCUT2D eigenvalue weighted by atomic mass is 9.83. The fourth-order valence-corrected chi connectivity index (χ4v) is 6.76. The number of nitrogens with one attached hydrogen (secondary N) is 1. The Morgan fingerprint density at radius 2 is 1.42 bits per heavy atom. The number of fused-ring (bicyclic) bond motifs is 3. The second kappa shape index (κ2) is 9.32. The molecule has 0 saturated heterocycles. The summed E-state index contributed by atoms with van der Waals surface area (Å²) < 4.78 is 32.0. The molecule has 1 aromatic heterocycles. The number of aromatic nitrogens is 1. The van der Waals surface area contributed by atoms with Crippen LogP contribution < -0.4 is 4.72 Å². The van der Waals surface area contributed by atoms with E-state index in [-0.39, 0.29) is 6.04 Å². The molecule has 1 heterocycles. The third-order valence-electron chi connectivity index (χ3n) is 7.20. The van der Waals surface area contributed by atoms with Gasteiger partial charge in [-0.2, -0.15) is 0 Å². The molecule has 0 amide bonds. The van der Waals surface area contributed by atoms with E-state index >= 15 is 0 Å². The van der Waals surface area contributed by atoms with Gasteiger partial charge in [-0.3, -0.25) is 0 Å². The number of aryl methyl sites for hydroxylation is 2. The molecule has 5 rings (SSSR count). The minimum atomic E-state index is -3.56. The van der Waals surface area contributed by atoms with Gasteiger partial charge in [-0.05, 0) is 56.4 Å². The minimum Gasteiger partial charge on any atom is -0.340 e. The lowest BCUT2D eigenvalue weighted by Gasteiger charge is -2.31. The molecule has 1 saturated carbocycles. The average Bonchev–Trinajstić information content (AvgIpc) is 3.16. The topological polar surface area (TPSA) is 51.1 Å². The van der Waals surface area contributed by atoms with Gasteiger partial charge in [0.15, 0.2) is 0 Å². The third kappa shape index (κ3) is 4.57. The lowest BCUT2D eigenvalue weighted by Crippen LogP contribution is -2.41. The maximum atomic E-state index is 13.3. The van der Waals surface area contributed by atoms with Crippen molar-refractivity contribution in [2.45, 2.75) is 62.9 Å². The van der Waals surface area contributed by atoms with Gasteiger partial charge in [0.1, 0.15) is 0 Å². The summed E-state index contributed by atoms with van der Waals surface area (Å²) >= 11 is 0. The Bertz CT molecular complexity index is 1300. The quantitative estimate of drug-likeness (QED) is 0.346. The van der Waals surface area contributed by atoms with Crippen LogP contribution in [-0.4, -0.2) is 19.0 Å². The second-order valence-electron chi connectivity index (χ2n) is 9.41. The zero-order valence-corrected chi connectivity index (χ0v) is 20.0. The van der Waals surface area contributed by atoms with Gasteiger partial charge in [-0.15, -0.1) is 0 Å². The van der Waals surface area contributed by atoms with Crippen LogP contribution in [0.25, 0.3) is 21.8 Å². The van der Waals surface area contributed by atoms with Crippen molar-refractivity contribution in [3.8, 4) is 0 Å². The molecule has 1 unspecified atom stereocenters. The van der Waals surface area contributed by atoms with Crippen LogP contribution in [0.2, 0.25) is 0 Å². The summed E-state index contributed by atoms with van der Waals surface area (Å²) in [6, 6.07) is 24.1. The van der Waals surface area contributed by atoms with Gasteiger partial charge in [0.05, 0.1) is 4.90 Å². The highest BCUT2D eigenvalue weighted by Crippen LogP contribution is 2.32. The standard InChI is InChI=1S/C28H32N2O2S/c1-21-15-17-23(18-16-21)33(31,32)29-26(22-9-3-2-4-10-22)19-20-30-27-13-7-5-11-24(27)25-12-6-8-14-28(25)30/h5-8,11-18,22,26,29H,2-4,9-10,19-20H2,1H3. The second-order valence-corrected chi connectivity index (χ2v) is 11.1. The molecule has 172 valence electrons. The van der Waals surface area contributed by atoms with Crippen molar-refractivity contribution in [2.75, 3.05) is 0 Å². The summed E-state index contributed by atoms with van der Waals surface area (Å²) in [5.41, 5.74) is 3.48. The molecule has 33 heavy (non-hydrogen) atoms. The number of sulfonamides is 1. The van der Waals surface area contributed by atoms with Crippen molar-refractivity contribution in [1.29, 1.82) is 0 Å². The first kappa shape index (κ1) is 22.2. The van der Waals surface area contributed by atoms with Gasteiger partial charge < -0.3 is 4.57 Å². The monoisotopic (exact) mass is 460 g/mol. The van der Waals surface area contributed by atoms with Crippen molar-refractivity contribution in [2.24, 2.45) is 5.92 Å². The Morgan fingerprint density at radius 1 is 0.848 bits per heavy atom. The molecule has 0 bridgehead atoms. The zero-order valence-electron chi connectivity index (χ0n) is 19.2.